The quantitative estimate of drug-likeness (QED) is 0.825. The maximum atomic E-state index is 13.1. The largest absolute Gasteiger partial charge is 0.298 e. The van der Waals surface area contributed by atoms with Gasteiger partial charge in [0.25, 0.3) is 0 Å². The number of carbonyl (C=O) groups excluding carboxylic acids is 2. The normalized spacial score (nSPS) is 20.4. The molecule has 1 saturated heterocycles. The smallest absolute Gasteiger partial charge is 0.246 e. The van der Waals surface area contributed by atoms with Crippen LogP contribution in [0, 0.1) is 5.82 Å². The molecule has 18 heavy (non-hydrogen) atoms. The molecule has 0 spiro atoms. The molecule has 4 nitrogen and oxygen atoms in total. The Labute approximate surface area is 109 Å². The maximum absolute atomic E-state index is 13.1. The van der Waals surface area contributed by atoms with Crippen LogP contribution >= 0.6 is 11.6 Å². The molecule has 1 atom stereocenters. The zero-order valence-corrected chi connectivity index (χ0v) is 10.5. The molecule has 2 rings (SSSR count). The van der Waals surface area contributed by atoms with Gasteiger partial charge in [0.05, 0.1) is 19.1 Å². The van der Waals surface area contributed by atoms with E-state index in [4.69, 9.17) is 11.6 Å². The molecule has 1 aromatic rings. The summed E-state index contributed by atoms with van der Waals surface area (Å²) in [5.41, 5.74) is 0.424. The van der Waals surface area contributed by atoms with Gasteiger partial charge in [0.1, 0.15) is 5.82 Å². The number of hydrogen-bond acceptors (Lipinski definition) is 3. The van der Waals surface area contributed by atoms with Gasteiger partial charge in [-0.3, -0.25) is 19.8 Å². The van der Waals surface area contributed by atoms with Crippen molar-refractivity contribution in [1.82, 2.24) is 10.2 Å². The Balaban J connectivity index is 2.24. The van der Waals surface area contributed by atoms with Gasteiger partial charge < -0.3 is 0 Å². The number of halogens is 2. The van der Waals surface area contributed by atoms with Gasteiger partial charge in [-0.25, -0.2) is 4.39 Å². The van der Waals surface area contributed by atoms with Crippen molar-refractivity contribution in [2.75, 3.05) is 6.54 Å². The van der Waals surface area contributed by atoms with E-state index in [1.54, 1.807) is 6.92 Å². The Hall–Kier alpha value is -1.46. The molecule has 6 heteroatoms. The molecule has 96 valence electrons. The first-order chi connectivity index (χ1) is 8.49. The molecule has 1 heterocycles. The van der Waals surface area contributed by atoms with Gasteiger partial charge in [0.15, 0.2) is 0 Å². The number of piperazine rings is 1. The summed E-state index contributed by atoms with van der Waals surface area (Å²) in [4.78, 5) is 24.6. The Morgan fingerprint density at radius 3 is 2.94 bits per heavy atom. The predicted octanol–water partition coefficient (Wildman–Crippen LogP) is 1.33. The monoisotopic (exact) mass is 270 g/mol. The van der Waals surface area contributed by atoms with Gasteiger partial charge >= 0.3 is 0 Å². The third-order valence-corrected chi connectivity index (χ3v) is 3.20. The fourth-order valence-electron chi connectivity index (χ4n) is 1.78. The minimum atomic E-state index is -0.447. The number of nitrogens with zero attached hydrogens (tertiary/aromatic N) is 1. The maximum Gasteiger partial charge on any atom is 0.246 e. The second kappa shape index (κ2) is 5.04. The van der Waals surface area contributed by atoms with E-state index in [0.29, 0.717) is 10.6 Å². The van der Waals surface area contributed by atoms with Crippen LogP contribution in [-0.4, -0.2) is 29.3 Å². The van der Waals surface area contributed by atoms with Crippen molar-refractivity contribution < 1.29 is 14.0 Å². The highest BCUT2D eigenvalue weighted by molar-refractivity contribution is 6.31. The molecule has 1 aliphatic rings. The van der Waals surface area contributed by atoms with Crippen LogP contribution < -0.4 is 5.32 Å². The van der Waals surface area contributed by atoms with Crippen molar-refractivity contribution in [1.29, 1.82) is 0 Å². The summed E-state index contributed by atoms with van der Waals surface area (Å²) in [7, 11) is 0. The van der Waals surface area contributed by atoms with Crippen molar-refractivity contribution >= 4 is 23.4 Å². The standard InChI is InChI=1S/C12H12ClFN2O2/c1-7-12(18)16(11(17)5-15-7)6-8-4-9(14)2-3-10(8)13/h2-4,7,15H,5-6H2,1H3. The zero-order valence-electron chi connectivity index (χ0n) is 9.74. The van der Waals surface area contributed by atoms with Crippen LogP contribution in [0.4, 0.5) is 4.39 Å². The summed E-state index contributed by atoms with van der Waals surface area (Å²) in [5, 5.41) is 3.11. The topological polar surface area (TPSA) is 49.4 Å². The number of rotatable bonds is 2. The van der Waals surface area contributed by atoms with Crippen molar-refractivity contribution in [3.63, 3.8) is 0 Å². The lowest BCUT2D eigenvalue weighted by Gasteiger charge is -2.29. The molecular weight excluding hydrogens is 259 g/mol. The second-order valence-electron chi connectivity index (χ2n) is 4.16. The molecule has 1 unspecified atom stereocenters. The molecule has 1 fully saturated rings. The second-order valence-corrected chi connectivity index (χ2v) is 4.56. The summed E-state index contributed by atoms with van der Waals surface area (Å²) in [6, 6.07) is 3.45. The highest BCUT2D eigenvalue weighted by atomic mass is 35.5. The molecule has 1 aliphatic heterocycles. The first-order valence-electron chi connectivity index (χ1n) is 5.50. The number of hydrogen-bond donors (Lipinski definition) is 1. The Kier molecular flexibility index (Phi) is 3.63. The summed E-state index contributed by atoms with van der Waals surface area (Å²) in [5.74, 6) is -1.11. The average Bonchev–Trinajstić information content (AvgIpc) is 2.34. The first kappa shape index (κ1) is 13.0. The number of imide groups is 1. The lowest BCUT2D eigenvalue weighted by atomic mass is 10.1. The molecule has 0 radical (unpaired) electrons. The minimum absolute atomic E-state index is 0.000278. The van der Waals surface area contributed by atoms with Crippen molar-refractivity contribution in [2.45, 2.75) is 19.5 Å². The van der Waals surface area contributed by atoms with Crippen LogP contribution in [0.3, 0.4) is 0 Å². The summed E-state index contributed by atoms with van der Waals surface area (Å²) in [6.07, 6.45) is 0. The number of carbonyl (C=O) groups is 2. The number of benzene rings is 1. The Morgan fingerprint density at radius 1 is 1.50 bits per heavy atom. The van der Waals surface area contributed by atoms with E-state index in [1.165, 1.54) is 18.2 Å². The van der Waals surface area contributed by atoms with Gasteiger partial charge in [-0.2, -0.15) is 0 Å². The molecule has 2 amide bonds. The molecule has 0 bridgehead atoms. The highest BCUT2D eigenvalue weighted by Crippen LogP contribution is 2.20. The van der Waals surface area contributed by atoms with Gasteiger partial charge in [-0.15, -0.1) is 0 Å². The van der Waals surface area contributed by atoms with Crippen LogP contribution in [0.2, 0.25) is 5.02 Å². The van der Waals surface area contributed by atoms with Crippen molar-refractivity contribution in [3.05, 3.63) is 34.6 Å². The van der Waals surface area contributed by atoms with E-state index >= 15 is 0 Å². The molecule has 0 aliphatic carbocycles. The van der Waals surface area contributed by atoms with E-state index in [9.17, 15) is 14.0 Å². The fourth-order valence-corrected chi connectivity index (χ4v) is 1.96. The van der Waals surface area contributed by atoms with Crippen molar-refractivity contribution in [2.24, 2.45) is 0 Å². The molecule has 0 saturated carbocycles. The van der Waals surface area contributed by atoms with E-state index in [1.807, 2.05) is 0 Å². The minimum Gasteiger partial charge on any atom is -0.298 e. The lowest BCUT2D eigenvalue weighted by molar-refractivity contribution is -0.149. The van der Waals surface area contributed by atoms with E-state index < -0.39 is 11.9 Å². The third-order valence-electron chi connectivity index (χ3n) is 2.83. The molecule has 0 aromatic heterocycles. The van der Waals surface area contributed by atoms with E-state index in [0.717, 1.165) is 4.90 Å². The summed E-state index contributed by atoms with van der Waals surface area (Å²) >= 11 is 5.92. The number of nitrogens with one attached hydrogen (secondary N) is 1. The van der Waals surface area contributed by atoms with Crippen LogP contribution in [0.15, 0.2) is 18.2 Å². The summed E-state index contributed by atoms with van der Waals surface area (Å²) in [6.45, 7) is 1.77. The first-order valence-corrected chi connectivity index (χ1v) is 5.88. The third kappa shape index (κ3) is 2.52. The van der Waals surface area contributed by atoms with Crippen molar-refractivity contribution in [3.8, 4) is 0 Å². The van der Waals surface area contributed by atoms with Gasteiger partial charge in [0, 0.05) is 5.02 Å². The van der Waals surface area contributed by atoms with E-state index in [2.05, 4.69) is 5.32 Å². The van der Waals surface area contributed by atoms with E-state index in [-0.39, 0.29) is 24.9 Å². The molecule has 1 N–H and O–H groups in total. The van der Waals surface area contributed by atoms with Gasteiger partial charge in [-0.05, 0) is 30.7 Å². The highest BCUT2D eigenvalue weighted by Gasteiger charge is 2.31. The lowest BCUT2D eigenvalue weighted by Crippen LogP contribution is -2.56. The molecular formula is C12H12ClFN2O2. The van der Waals surface area contributed by atoms with Gasteiger partial charge in [-0.1, -0.05) is 11.6 Å². The fraction of sp³-hybridized carbons (Fsp3) is 0.333. The summed E-state index contributed by atoms with van der Waals surface area (Å²) < 4.78 is 13.1. The van der Waals surface area contributed by atoms with Crippen LogP contribution in [-0.2, 0) is 16.1 Å². The van der Waals surface area contributed by atoms with Crippen LogP contribution in [0.5, 0.6) is 0 Å². The number of amides is 2. The van der Waals surface area contributed by atoms with Crippen LogP contribution in [0.1, 0.15) is 12.5 Å². The Morgan fingerprint density at radius 2 is 2.22 bits per heavy atom. The SMILES string of the molecule is CC1NCC(=O)N(Cc2cc(F)ccc2Cl)C1=O. The zero-order chi connectivity index (χ0) is 13.3. The van der Waals surface area contributed by atoms with Gasteiger partial charge in [0.2, 0.25) is 11.8 Å². The van der Waals surface area contributed by atoms with Crippen LogP contribution in [0.25, 0.3) is 0 Å². The Bertz CT molecular complexity index is 507. The predicted molar refractivity (Wildman–Crippen MR) is 64.4 cm³/mol. The molecule has 1 aromatic carbocycles. The average molecular weight is 271 g/mol.